The van der Waals surface area contributed by atoms with Gasteiger partial charge in [0, 0.05) is 0 Å². The lowest BCUT2D eigenvalue weighted by molar-refractivity contribution is 0.271. The van der Waals surface area contributed by atoms with Crippen LogP contribution in [0.3, 0.4) is 0 Å². The number of hydrogen-bond acceptors (Lipinski definition) is 4. The molecule has 0 aliphatic carbocycles. The van der Waals surface area contributed by atoms with Crippen molar-refractivity contribution in [2.24, 2.45) is 0 Å². The van der Waals surface area contributed by atoms with E-state index in [0.717, 1.165) is 29.0 Å². The fourth-order valence-corrected chi connectivity index (χ4v) is 1.70. The van der Waals surface area contributed by atoms with Crippen molar-refractivity contribution in [3.63, 3.8) is 0 Å². The van der Waals surface area contributed by atoms with Crippen LogP contribution in [0.4, 0.5) is 5.82 Å². The Kier molecular flexibility index (Phi) is 3.54. The van der Waals surface area contributed by atoms with Gasteiger partial charge in [-0.15, -0.1) is 0 Å². The van der Waals surface area contributed by atoms with E-state index in [2.05, 4.69) is 15.3 Å². The minimum Gasteiger partial charge on any atom is -0.394 e. The zero-order chi connectivity index (χ0) is 12.3. The minimum absolute atomic E-state index is 0.0316. The van der Waals surface area contributed by atoms with Gasteiger partial charge in [-0.05, 0) is 25.5 Å². The number of fused-ring (bicyclic) bond motifs is 1. The number of aliphatic hydroxyl groups is 1. The van der Waals surface area contributed by atoms with Crippen LogP contribution in [-0.4, -0.2) is 27.7 Å². The van der Waals surface area contributed by atoms with E-state index in [0.29, 0.717) is 0 Å². The Labute approximate surface area is 101 Å². The molecule has 0 fully saturated rings. The molecule has 17 heavy (non-hydrogen) atoms. The summed E-state index contributed by atoms with van der Waals surface area (Å²) in [6.07, 6.45) is 0.852. The first kappa shape index (κ1) is 11.8. The lowest BCUT2D eigenvalue weighted by Crippen LogP contribution is -2.24. The first-order valence-corrected chi connectivity index (χ1v) is 5.85. The molecule has 4 heteroatoms. The molecule has 0 amide bonds. The Morgan fingerprint density at radius 2 is 1.88 bits per heavy atom. The van der Waals surface area contributed by atoms with Gasteiger partial charge in [0.25, 0.3) is 0 Å². The molecule has 1 heterocycles. The molecule has 1 atom stereocenters. The van der Waals surface area contributed by atoms with Gasteiger partial charge >= 0.3 is 0 Å². The summed E-state index contributed by atoms with van der Waals surface area (Å²) < 4.78 is 0. The van der Waals surface area contributed by atoms with Crippen LogP contribution in [0.25, 0.3) is 11.0 Å². The second-order valence-electron chi connectivity index (χ2n) is 4.08. The van der Waals surface area contributed by atoms with Crippen molar-refractivity contribution in [1.29, 1.82) is 0 Å². The number of rotatable bonds is 4. The molecule has 1 aromatic carbocycles. The standard InChI is InChI=1S/C13H17N3O/c1-3-10(8-17)15-13-9(2)14-11-6-4-5-7-12(11)16-13/h4-7,10,17H,3,8H2,1-2H3,(H,15,16)/t10-/m1/s1. The van der Waals surface area contributed by atoms with E-state index in [4.69, 9.17) is 0 Å². The number of nitrogens with one attached hydrogen (secondary N) is 1. The molecule has 0 radical (unpaired) electrons. The number of anilines is 1. The maximum absolute atomic E-state index is 9.18. The van der Waals surface area contributed by atoms with Gasteiger partial charge in [0.2, 0.25) is 0 Å². The van der Waals surface area contributed by atoms with Gasteiger partial charge in [0.1, 0.15) is 5.82 Å². The van der Waals surface area contributed by atoms with Gasteiger partial charge in [-0.25, -0.2) is 9.97 Å². The van der Waals surface area contributed by atoms with E-state index in [1.54, 1.807) is 0 Å². The number of para-hydroxylation sites is 2. The zero-order valence-corrected chi connectivity index (χ0v) is 10.1. The molecular formula is C13H17N3O. The summed E-state index contributed by atoms with van der Waals surface area (Å²) in [5, 5.41) is 12.4. The van der Waals surface area contributed by atoms with Crippen molar-refractivity contribution in [1.82, 2.24) is 9.97 Å². The molecule has 90 valence electrons. The zero-order valence-electron chi connectivity index (χ0n) is 10.1. The molecule has 2 N–H and O–H groups in total. The van der Waals surface area contributed by atoms with E-state index < -0.39 is 0 Å². The van der Waals surface area contributed by atoms with E-state index in [1.807, 2.05) is 38.1 Å². The van der Waals surface area contributed by atoms with Crippen molar-refractivity contribution in [2.75, 3.05) is 11.9 Å². The summed E-state index contributed by atoms with van der Waals surface area (Å²) in [5.41, 5.74) is 2.62. The second kappa shape index (κ2) is 5.10. The summed E-state index contributed by atoms with van der Waals surface area (Å²) in [5.74, 6) is 0.754. The van der Waals surface area contributed by atoms with Crippen LogP contribution in [0.5, 0.6) is 0 Å². The quantitative estimate of drug-likeness (QED) is 0.846. The highest BCUT2D eigenvalue weighted by molar-refractivity contribution is 5.76. The first-order chi connectivity index (χ1) is 8.24. The number of benzene rings is 1. The van der Waals surface area contributed by atoms with Crippen LogP contribution < -0.4 is 5.32 Å². The Balaban J connectivity index is 2.37. The average molecular weight is 231 g/mol. The van der Waals surface area contributed by atoms with Crippen LogP contribution >= 0.6 is 0 Å². The van der Waals surface area contributed by atoms with Crippen LogP contribution in [0.1, 0.15) is 19.0 Å². The second-order valence-corrected chi connectivity index (χ2v) is 4.08. The van der Waals surface area contributed by atoms with Crippen LogP contribution in [0.2, 0.25) is 0 Å². The largest absolute Gasteiger partial charge is 0.394 e. The molecule has 1 aromatic heterocycles. The average Bonchev–Trinajstić information content (AvgIpc) is 2.36. The minimum atomic E-state index is 0.0316. The molecule has 0 unspecified atom stereocenters. The van der Waals surface area contributed by atoms with Gasteiger partial charge in [-0.3, -0.25) is 0 Å². The molecule has 0 saturated carbocycles. The number of aromatic nitrogens is 2. The molecular weight excluding hydrogens is 214 g/mol. The molecule has 2 aromatic rings. The van der Waals surface area contributed by atoms with E-state index in [1.165, 1.54) is 0 Å². The van der Waals surface area contributed by atoms with E-state index >= 15 is 0 Å². The Morgan fingerprint density at radius 3 is 2.47 bits per heavy atom. The van der Waals surface area contributed by atoms with Crippen molar-refractivity contribution in [3.05, 3.63) is 30.0 Å². The number of nitrogens with zero attached hydrogens (tertiary/aromatic N) is 2. The molecule has 0 bridgehead atoms. The van der Waals surface area contributed by atoms with Crippen LogP contribution in [0.15, 0.2) is 24.3 Å². The third-order valence-electron chi connectivity index (χ3n) is 2.80. The SMILES string of the molecule is CC[C@H](CO)Nc1nc2ccccc2nc1C. The highest BCUT2D eigenvalue weighted by atomic mass is 16.3. The molecule has 0 saturated heterocycles. The van der Waals surface area contributed by atoms with Crippen molar-refractivity contribution < 1.29 is 5.11 Å². The summed E-state index contributed by atoms with van der Waals surface area (Å²) in [4.78, 5) is 9.02. The van der Waals surface area contributed by atoms with Gasteiger partial charge in [-0.2, -0.15) is 0 Å². The molecule has 2 rings (SSSR count). The van der Waals surface area contributed by atoms with Gasteiger partial charge in [-0.1, -0.05) is 19.1 Å². The van der Waals surface area contributed by atoms with Gasteiger partial charge < -0.3 is 10.4 Å². The number of aryl methyl sites for hydroxylation is 1. The smallest absolute Gasteiger partial charge is 0.148 e. The molecule has 4 nitrogen and oxygen atoms in total. The van der Waals surface area contributed by atoms with Gasteiger partial charge in [0.05, 0.1) is 29.4 Å². The first-order valence-electron chi connectivity index (χ1n) is 5.85. The Hall–Kier alpha value is -1.68. The monoisotopic (exact) mass is 231 g/mol. The summed E-state index contributed by atoms with van der Waals surface area (Å²) in [7, 11) is 0. The lowest BCUT2D eigenvalue weighted by atomic mass is 10.2. The van der Waals surface area contributed by atoms with E-state index in [-0.39, 0.29) is 12.6 Å². The number of hydrogen-bond donors (Lipinski definition) is 2. The fourth-order valence-electron chi connectivity index (χ4n) is 1.70. The maximum Gasteiger partial charge on any atom is 0.148 e. The predicted molar refractivity (Wildman–Crippen MR) is 69.1 cm³/mol. The van der Waals surface area contributed by atoms with Crippen LogP contribution in [0, 0.1) is 6.92 Å². The van der Waals surface area contributed by atoms with E-state index in [9.17, 15) is 5.11 Å². The number of aliphatic hydroxyl groups excluding tert-OH is 1. The Morgan fingerprint density at radius 1 is 1.24 bits per heavy atom. The van der Waals surface area contributed by atoms with Crippen LogP contribution in [-0.2, 0) is 0 Å². The maximum atomic E-state index is 9.18. The van der Waals surface area contributed by atoms with Crippen molar-refractivity contribution >= 4 is 16.9 Å². The lowest BCUT2D eigenvalue weighted by Gasteiger charge is -2.16. The summed E-state index contributed by atoms with van der Waals surface area (Å²) >= 11 is 0. The fraction of sp³-hybridized carbons (Fsp3) is 0.385. The topological polar surface area (TPSA) is 58.0 Å². The highest BCUT2D eigenvalue weighted by Gasteiger charge is 2.09. The molecule has 0 aliphatic heterocycles. The predicted octanol–water partition coefficient (Wildman–Crippen LogP) is 2.12. The van der Waals surface area contributed by atoms with Gasteiger partial charge in [0.15, 0.2) is 0 Å². The van der Waals surface area contributed by atoms with Crippen molar-refractivity contribution in [3.8, 4) is 0 Å². The summed E-state index contributed by atoms with van der Waals surface area (Å²) in [6, 6.07) is 7.81. The van der Waals surface area contributed by atoms with Crippen molar-refractivity contribution in [2.45, 2.75) is 26.3 Å². The molecule has 0 aliphatic rings. The highest BCUT2D eigenvalue weighted by Crippen LogP contribution is 2.16. The third kappa shape index (κ3) is 2.53. The Bertz CT molecular complexity index is 509. The molecule has 0 spiro atoms. The third-order valence-corrected chi connectivity index (χ3v) is 2.80. The normalized spacial score (nSPS) is 12.6. The summed E-state index contributed by atoms with van der Waals surface area (Å²) in [6.45, 7) is 4.05.